The second-order valence-electron chi connectivity index (χ2n) is 4.31. The van der Waals surface area contributed by atoms with Gasteiger partial charge in [-0.05, 0) is 50.2 Å². The van der Waals surface area contributed by atoms with E-state index in [1.165, 1.54) is 24.3 Å². The minimum absolute atomic E-state index is 0.213. The molecule has 1 aliphatic heterocycles. The van der Waals surface area contributed by atoms with Gasteiger partial charge in [0.25, 0.3) is 0 Å². The summed E-state index contributed by atoms with van der Waals surface area (Å²) in [6.07, 6.45) is 5.59. The highest BCUT2D eigenvalue weighted by Gasteiger charge is 2.29. The highest BCUT2D eigenvalue weighted by Crippen LogP contribution is 2.26. The summed E-state index contributed by atoms with van der Waals surface area (Å²) >= 11 is 2.03. The highest BCUT2D eigenvalue weighted by atomic mass is 32.2. The fourth-order valence-corrected chi connectivity index (χ4v) is 3.26. The molecule has 90 valence electrons. The molecule has 0 atom stereocenters. The van der Waals surface area contributed by atoms with Gasteiger partial charge in [0.2, 0.25) is 0 Å². The molecule has 4 heteroatoms. The zero-order valence-electron chi connectivity index (χ0n) is 9.50. The summed E-state index contributed by atoms with van der Waals surface area (Å²) in [5.41, 5.74) is 6.08. The van der Waals surface area contributed by atoms with Crippen LogP contribution in [-0.2, 0) is 0 Å². The Hall–Kier alpha value is 0.230. The van der Waals surface area contributed by atoms with E-state index in [2.05, 4.69) is 5.32 Å². The van der Waals surface area contributed by atoms with Crippen LogP contribution in [0.1, 0.15) is 32.1 Å². The first-order chi connectivity index (χ1) is 7.33. The maximum absolute atomic E-state index is 8.67. The molecule has 0 amide bonds. The molecule has 3 nitrogen and oxygen atoms in total. The van der Waals surface area contributed by atoms with Crippen molar-refractivity contribution < 1.29 is 5.11 Å². The van der Waals surface area contributed by atoms with Crippen LogP contribution in [0.4, 0.5) is 0 Å². The minimum atomic E-state index is 0.213. The van der Waals surface area contributed by atoms with Gasteiger partial charge in [-0.25, -0.2) is 0 Å². The summed E-state index contributed by atoms with van der Waals surface area (Å²) in [6, 6.07) is 0. The van der Waals surface area contributed by atoms with Crippen LogP contribution in [0.2, 0.25) is 0 Å². The number of rotatable bonds is 7. The normalized spacial score (nSPS) is 20.4. The first kappa shape index (κ1) is 13.3. The second kappa shape index (κ2) is 7.49. The van der Waals surface area contributed by atoms with Crippen molar-refractivity contribution in [3.8, 4) is 0 Å². The average Bonchev–Trinajstić information content (AvgIpc) is 2.30. The summed E-state index contributed by atoms with van der Waals surface area (Å²) in [5, 5.41) is 12.3. The Morgan fingerprint density at radius 2 is 1.93 bits per heavy atom. The van der Waals surface area contributed by atoms with Gasteiger partial charge in [-0.15, -0.1) is 0 Å². The lowest BCUT2D eigenvalue weighted by molar-refractivity contribution is 0.276. The molecule has 0 aromatic carbocycles. The molecule has 0 bridgehead atoms. The molecule has 1 aliphatic rings. The number of hydrogen-bond acceptors (Lipinski definition) is 4. The topological polar surface area (TPSA) is 58.3 Å². The molecular formula is C11H24N2OS. The van der Waals surface area contributed by atoms with Gasteiger partial charge >= 0.3 is 0 Å². The van der Waals surface area contributed by atoms with Gasteiger partial charge in [0.1, 0.15) is 0 Å². The van der Waals surface area contributed by atoms with Gasteiger partial charge in [-0.3, -0.25) is 0 Å². The Morgan fingerprint density at radius 1 is 1.20 bits per heavy atom. The van der Waals surface area contributed by atoms with E-state index in [0.29, 0.717) is 6.61 Å². The molecule has 1 heterocycles. The summed E-state index contributed by atoms with van der Waals surface area (Å²) < 4.78 is 0. The standard InChI is InChI=1S/C11H24N2OS/c12-10-11(4-8-15-9-5-11)13-6-2-1-3-7-14/h13-14H,1-10,12H2. The number of nitrogens with two attached hydrogens (primary N) is 1. The third-order valence-electron chi connectivity index (χ3n) is 3.18. The van der Waals surface area contributed by atoms with E-state index in [4.69, 9.17) is 10.8 Å². The van der Waals surface area contributed by atoms with Crippen molar-refractivity contribution in [3.05, 3.63) is 0 Å². The first-order valence-corrected chi connectivity index (χ1v) is 7.12. The van der Waals surface area contributed by atoms with Crippen LogP contribution in [0.5, 0.6) is 0 Å². The van der Waals surface area contributed by atoms with E-state index in [9.17, 15) is 0 Å². The van der Waals surface area contributed by atoms with Crippen LogP contribution in [0, 0.1) is 0 Å². The molecule has 4 N–H and O–H groups in total. The molecule has 0 unspecified atom stereocenters. The van der Waals surface area contributed by atoms with Crippen molar-refractivity contribution in [2.45, 2.75) is 37.6 Å². The first-order valence-electron chi connectivity index (χ1n) is 5.97. The molecule has 0 saturated carbocycles. The maximum atomic E-state index is 8.67. The Labute approximate surface area is 97.2 Å². The molecule has 1 saturated heterocycles. The van der Waals surface area contributed by atoms with Crippen molar-refractivity contribution in [2.75, 3.05) is 31.2 Å². The van der Waals surface area contributed by atoms with Gasteiger partial charge in [-0.2, -0.15) is 11.8 Å². The predicted octanol–water partition coefficient (Wildman–Crippen LogP) is 0.963. The van der Waals surface area contributed by atoms with Crippen LogP contribution in [0.3, 0.4) is 0 Å². The molecule has 0 spiro atoms. The van der Waals surface area contributed by atoms with Crippen molar-refractivity contribution in [1.82, 2.24) is 5.32 Å². The van der Waals surface area contributed by atoms with Gasteiger partial charge in [0.15, 0.2) is 0 Å². The molecule has 1 rings (SSSR count). The van der Waals surface area contributed by atoms with E-state index < -0.39 is 0 Å². The Balaban J connectivity index is 2.15. The van der Waals surface area contributed by atoms with Gasteiger partial charge in [0, 0.05) is 18.7 Å². The van der Waals surface area contributed by atoms with Crippen LogP contribution in [0.15, 0.2) is 0 Å². The van der Waals surface area contributed by atoms with Crippen molar-refractivity contribution in [1.29, 1.82) is 0 Å². The number of hydrogen-bond donors (Lipinski definition) is 3. The summed E-state index contributed by atoms with van der Waals surface area (Å²) in [5.74, 6) is 2.47. The van der Waals surface area contributed by atoms with Crippen molar-refractivity contribution in [3.63, 3.8) is 0 Å². The van der Waals surface area contributed by atoms with Crippen LogP contribution >= 0.6 is 11.8 Å². The SMILES string of the molecule is NCC1(NCCCCCO)CCSCC1. The Morgan fingerprint density at radius 3 is 2.53 bits per heavy atom. The lowest BCUT2D eigenvalue weighted by Crippen LogP contribution is -2.53. The molecule has 0 aromatic rings. The molecule has 0 radical (unpaired) electrons. The van der Waals surface area contributed by atoms with Gasteiger partial charge < -0.3 is 16.2 Å². The largest absolute Gasteiger partial charge is 0.396 e. The van der Waals surface area contributed by atoms with E-state index >= 15 is 0 Å². The summed E-state index contributed by atoms with van der Waals surface area (Å²) in [7, 11) is 0. The smallest absolute Gasteiger partial charge is 0.0431 e. The van der Waals surface area contributed by atoms with Gasteiger partial charge in [-0.1, -0.05) is 0 Å². The monoisotopic (exact) mass is 232 g/mol. The minimum Gasteiger partial charge on any atom is -0.396 e. The fraction of sp³-hybridized carbons (Fsp3) is 1.00. The van der Waals surface area contributed by atoms with Crippen LogP contribution < -0.4 is 11.1 Å². The van der Waals surface area contributed by atoms with E-state index in [1.54, 1.807) is 0 Å². The highest BCUT2D eigenvalue weighted by molar-refractivity contribution is 7.99. The predicted molar refractivity (Wildman–Crippen MR) is 67.3 cm³/mol. The van der Waals surface area contributed by atoms with Crippen LogP contribution in [-0.4, -0.2) is 41.8 Å². The Bertz CT molecular complexity index is 161. The average molecular weight is 232 g/mol. The van der Waals surface area contributed by atoms with Crippen molar-refractivity contribution in [2.24, 2.45) is 5.73 Å². The third kappa shape index (κ3) is 4.72. The van der Waals surface area contributed by atoms with Crippen molar-refractivity contribution >= 4 is 11.8 Å². The fourth-order valence-electron chi connectivity index (χ4n) is 1.98. The second-order valence-corrected chi connectivity index (χ2v) is 5.53. The lowest BCUT2D eigenvalue weighted by atomic mass is 9.92. The number of unbranched alkanes of at least 4 members (excludes halogenated alkanes) is 2. The zero-order valence-corrected chi connectivity index (χ0v) is 10.3. The molecule has 15 heavy (non-hydrogen) atoms. The zero-order chi connectivity index (χ0) is 11.0. The van der Waals surface area contributed by atoms with Crippen LogP contribution in [0.25, 0.3) is 0 Å². The maximum Gasteiger partial charge on any atom is 0.0431 e. The Kier molecular flexibility index (Phi) is 6.64. The number of nitrogens with one attached hydrogen (secondary N) is 1. The summed E-state index contributed by atoms with van der Waals surface area (Å²) in [4.78, 5) is 0. The van der Waals surface area contributed by atoms with E-state index in [0.717, 1.165) is 32.4 Å². The lowest BCUT2D eigenvalue weighted by Gasteiger charge is -2.37. The third-order valence-corrected chi connectivity index (χ3v) is 4.16. The molecular weight excluding hydrogens is 208 g/mol. The number of aliphatic hydroxyl groups is 1. The van der Waals surface area contributed by atoms with Gasteiger partial charge in [0.05, 0.1) is 0 Å². The molecule has 0 aromatic heterocycles. The van der Waals surface area contributed by atoms with E-state index in [1.807, 2.05) is 11.8 Å². The quantitative estimate of drug-likeness (QED) is 0.572. The van der Waals surface area contributed by atoms with E-state index in [-0.39, 0.29) is 5.54 Å². The molecule has 1 fully saturated rings. The number of thioether (sulfide) groups is 1. The number of aliphatic hydroxyl groups excluding tert-OH is 1. The summed E-state index contributed by atoms with van der Waals surface area (Å²) in [6.45, 7) is 2.12. The molecule has 0 aliphatic carbocycles.